The molecule has 0 radical (unpaired) electrons. The first-order chi connectivity index (χ1) is 13.5. The van der Waals surface area contributed by atoms with E-state index in [0.29, 0.717) is 13.0 Å². The molecule has 1 N–H and O–H groups in total. The summed E-state index contributed by atoms with van der Waals surface area (Å²) in [4.78, 5) is 14.0. The van der Waals surface area contributed by atoms with E-state index in [1.165, 1.54) is 9.20 Å². The Morgan fingerprint density at radius 1 is 1.11 bits per heavy atom. The zero-order chi connectivity index (χ0) is 20.0. The van der Waals surface area contributed by atoms with Crippen LogP contribution in [0.15, 0.2) is 59.5 Å². The van der Waals surface area contributed by atoms with Gasteiger partial charge in [-0.15, -0.1) is 11.8 Å². The normalized spacial score (nSPS) is 17.1. The molecule has 0 saturated carbocycles. The summed E-state index contributed by atoms with van der Waals surface area (Å²) in [6.07, 6.45) is 1.25. The Morgan fingerprint density at radius 2 is 1.79 bits per heavy atom. The van der Waals surface area contributed by atoms with Gasteiger partial charge in [-0.05, 0) is 48.8 Å². The summed E-state index contributed by atoms with van der Waals surface area (Å²) < 4.78 is 26.5. The van der Waals surface area contributed by atoms with Gasteiger partial charge in [-0.3, -0.25) is 4.79 Å². The fraction of sp³-hybridized carbons (Fsp3) is 0.381. The lowest BCUT2D eigenvalue weighted by molar-refractivity contribution is -0.125. The lowest BCUT2D eigenvalue weighted by atomic mass is 9.95. The molecule has 0 bridgehead atoms. The highest BCUT2D eigenvalue weighted by Crippen LogP contribution is 2.26. The topological polar surface area (TPSA) is 66.5 Å². The Bertz CT molecular complexity index is 901. The molecule has 1 unspecified atom stereocenters. The molecule has 1 aliphatic rings. The van der Waals surface area contributed by atoms with E-state index in [1.54, 1.807) is 18.7 Å². The van der Waals surface area contributed by atoms with E-state index in [9.17, 15) is 13.2 Å². The molecule has 0 aliphatic carbocycles. The van der Waals surface area contributed by atoms with Crippen molar-refractivity contribution >= 4 is 27.7 Å². The van der Waals surface area contributed by atoms with Crippen molar-refractivity contribution in [3.05, 3.63) is 65.7 Å². The Morgan fingerprint density at radius 3 is 2.50 bits per heavy atom. The summed E-state index contributed by atoms with van der Waals surface area (Å²) in [5, 5.41) is 2.94. The second kappa shape index (κ2) is 9.58. The quantitative estimate of drug-likeness (QED) is 0.529. The van der Waals surface area contributed by atoms with Crippen molar-refractivity contribution in [3.8, 4) is 0 Å². The molecule has 3 rings (SSSR count). The van der Waals surface area contributed by atoms with E-state index in [4.69, 9.17) is 0 Å². The van der Waals surface area contributed by atoms with Crippen LogP contribution in [-0.2, 0) is 27.8 Å². The number of thioether (sulfide) groups is 1. The molecule has 0 aromatic heterocycles. The first kappa shape index (κ1) is 20.9. The van der Waals surface area contributed by atoms with E-state index in [1.807, 2.05) is 42.5 Å². The maximum Gasteiger partial charge on any atom is 0.238 e. The van der Waals surface area contributed by atoms with Crippen LogP contribution in [0.3, 0.4) is 0 Å². The van der Waals surface area contributed by atoms with E-state index in [2.05, 4.69) is 17.4 Å². The highest BCUT2D eigenvalue weighted by Gasteiger charge is 2.37. The van der Waals surface area contributed by atoms with Crippen LogP contribution in [0.2, 0.25) is 0 Å². The van der Waals surface area contributed by atoms with Crippen molar-refractivity contribution in [2.24, 2.45) is 0 Å². The molecule has 2 aromatic rings. The van der Waals surface area contributed by atoms with Crippen LogP contribution in [0.5, 0.6) is 0 Å². The lowest BCUT2D eigenvalue weighted by Crippen LogP contribution is -2.53. The number of amides is 1. The predicted molar refractivity (Wildman–Crippen MR) is 114 cm³/mol. The smallest absolute Gasteiger partial charge is 0.238 e. The summed E-state index contributed by atoms with van der Waals surface area (Å²) in [6, 6.07) is 17.2. The van der Waals surface area contributed by atoms with Gasteiger partial charge in [0.05, 0.1) is 5.75 Å². The highest BCUT2D eigenvalue weighted by atomic mass is 32.2. The average molecular weight is 419 g/mol. The highest BCUT2D eigenvalue weighted by molar-refractivity contribution is 7.99. The van der Waals surface area contributed by atoms with Gasteiger partial charge in [0.2, 0.25) is 15.9 Å². The number of benzene rings is 2. The van der Waals surface area contributed by atoms with Gasteiger partial charge in [0, 0.05) is 18.0 Å². The second-order valence-corrected chi connectivity index (χ2v) is 10.1. The molecule has 28 heavy (non-hydrogen) atoms. The fourth-order valence-electron chi connectivity index (χ4n) is 3.29. The van der Waals surface area contributed by atoms with Crippen molar-refractivity contribution < 1.29 is 13.2 Å². The van der Waals surface area contributed by atoms with Gasteiger partial charge in [-0.2, -0.15) is 4.31 Å². The lowest BCUT2D eigenvalue weighted by Gasteiger charge is -2.34. The van der Waals surface area contributed by atoms with Crippen LogP contribution in [0, 0.1) is 0 Å². The third-order valence-corrected chi connectivity index (χ3v) is 7.79. The minimum atomic E-state index is -3.46. The molecular weight excluding hydrogens is 392 g/mol. The molecule has 1 amide bonds. The van der Waals surface area contributed by atoms with E-state index in [-0.39, 0.29) is 18.2 Å². The number of rotatable bonds is 8. The number of fused-ring (bicyclic) bond motifs is 1. The van der Waals surface area contributed by atoms with E-state index in [0.717, 1.165) is 23.3 Å². The molecule has 1 atom stereocenters. The zero-order valence-corrected chi connectivity index (χ0v) is 17.6. The average Bonchev–Trinajstić information content (AvgIpc) is 2.73. The minimum absolute atomic E-state index is 0.00728. The third-order valence-electron chi connectivity index (χ3n) is 4.86. The van der Waals surface area contributed by atoms with Gasteiger partial charge in [0.15, 0.2) is 0 Å². The molecule has 0 spiro atoms. The Labute approximate surface area is 171 Å². The molecule has 0 fully saturated rings. The number of nitrogens with one attached hydrogen (secondary N) is 1. The molecule has 7 heteroatoms. The van der Waals surface area contributed by atoms with Crippen LogP contribution in [0.25, 0.3) is 0 Å². The molecular formula is C21H26N2O3S2. The third kappa shape index (κ3) is 5.16. The molecule has 0 saturated heterocycles. The first-order valence-electron chi connectivity index (χ1n) is 9.53. The number of hydrogen-bond donors (Lipinski definition) is 1. The van der Waals surface area contributed by atoms with Gasteiger partial charge < -0.3 is 5.32 Å². The standard InChI is InChI=1S/C21H26N2O3S2/c1-2-28(25,26)23-16-18-10-7-6-9-17(18)15-20(23)21(24)22-13-8-14-27-19-11-4-3-5-12-19/h3-7,9-12,20H,2,8,13-16H2,1H3,(H,22,24). The van der Waals surface area contributed by atoms with Crippen LogP contribution < -0.4 is 5.32 Å². The number of carbonyl (C=O) groups excluding carboxylic acids is 1. The summed E-state index contributed by atoms with van der Waals surface area (Å²) in [5.41, 5.74) is 2.02. The van der Waals surface area contributed by atoms with Crippen molar-refractivity contribution in [1.82, 2.24) is 9.62 Å². The van der Waals surface area contributed by atoms with Gasteiger partial charge in [0.1, 0.15) is 6.04 Å². The number of hydrogen-bond acceptors (Lipinski definition) is 4. The zero-order valence-electron chi connectivity index (χ0n) is 16.0. The molecule has 2 aromatic carbocycles. The molecule has 150 valence electrons. The van der Waals surface area contributed by atoms with Gasteiger partial charge in [-0.1, -0.05) is 42.5 Å². The van der Waals surface area contributed by atoms with E-state index < -0.39 is 16.1 Å². The van der Waals surface area contributed by atoms with Crippen LogP contribution in [0.1, 0.15) is 24.5 Å². The monoisotopic (exact) mass is 418 g/mol. The maximum absolute atomic E-state index is 12.8. The van der Waals surface area contributed by atoms with Gasteiger partial charge in [-0.25, -0.2) is 8.42 Å². The first-order valence-corrected chi connectivity index (χ1v) is 12.1. The predicted octanol–water partition coefficient (Wildman–Crippen LogP) is 3.06. The summed E-state index contributed by atoms with van der Waals surface area (Å²) in [7, 11) is -3.46. The largest absolute Gasteiger partial charge is 0.355 e. The maximum atomic E-state index is 12.8. The van der Waals surface area contributed by atoms with Crippen LogP contribution >= 0.6 is 11.8 Å². The van der Waals surface area contributed by atoms with Crippen molar-refractivity contribution in [2.45, 2.75) is 37.2 Å². The summed E-state index contributed by atoms with van der Waals surface area (Å²) in [5.74, 6) is 0.678. The number of sulfonamides is 1. The van der Waals surface area contributed by atoms with Crippen LogP contribution in [-0.4, -0.2) is 42.7 Å². The summed E-state index contributed by atoms with van der Waals surface area (Å²) >= 11 is 1.75. The van der Waals surface area contributed by atoms with E-state index >= 15 is 0 Å². The second-order valence-electron chi connectivity index (χ2n) is 6.74. The fourth-order valence-corrected chi connectivity index (χ4v) is 5.39. The Hall–Kier alpha value is -1.83. The van der Waals surface area contributed by atoms with Gasteiger partial charge >= 0.3 is 0 Å². The SMILES string of the molecule is CCS(=O)(=O)N1Cc2ccccc2CC1C(=O)NCCCSc1ccccc1. The number of nitrogens with zero attached hydrogens (tertiary/aromatic N) is 1. The molecule has 1 heterocycles. The van der Waals surface area contributed by atoms with Gasteiger partial charge in [0.25, 0.3) is 0 Å². The molecule has 1 aliphatic heterocycles. The van der Waals surface area contributed by atoms with Crippen LogP contribution in [0.4, 0.5) is 0 Å². The number of carbonyl (C=O) groups is 1. The Balaban J connectivity index is 1.58. The van der Waals surface area contributed by atoms with Crippen molar-refractivity contribution in [2.75, 3.05) is 18.1 Å². The minimum Gasteiger partial charge on any atom is -0.355 e. The van der Waals surface area contributed by atoms with Crippen molar-refractivity contribution in [3.63, 3.8) is 0 Å². The summed E-state index contributed by atoms with van der Waals surface area (Å²) in [6.45, 7) is 2.41. The Kier molecular flexibility index (Phi) is 7.15. The molecule has 5 nitrogen and oxygen atoms in total. The van der Waals surface area contributed by atoms with Crippen molar-refractivity contribution in [1.29, 1.82) is 0 Å².